The van der Waals surface area contributed by atoms with Crippen molar-refractivity contribution in [1.29, 1.82) is 0 Å². The van der Waals surface area contributed by atoms with Crippen LogP contribution in [0, 0.1) is 10.1 Å². The summed E-state index contributed by atoms with van der Waals surface area (Å²) in [5.74, 6) is -0.226. The van der Waals surface area contributed by atoms with Gasteiger partial charge in [0.1, 0.15) is 12.3 Å². The molecule has 19 heavy (non-hydrogen) atoms. The van der Waals surface area contributed by atoms with Crippen molar-refractivity contribution in [2.45, 2.75) is 12.6 Å². The lowest BCUT2D eigenvalue weighted by Crippen LogP contribution is -2.06. The standard InChI is InChI=1S/C11H7Cl2N3O3/c12-6-1-2-7(8(13)3-6)9-4-15-5-10(16(17)18)14-11(15)19-9/h1-3,5,9H,4H2. The van der Waals surface area contributed by atoms with E-state index < -0.39 is 4.92 Å². The van der Waals surface area contributed by atoms with Gasteiger partial charge in [0, 0.05) is 20.6 Å². The minimum Gasteiger partial charge on any atom is -0.436 e. The topological polar surface area (TPSA) is 70.2 Å². The third-order valence-electron chi connectivity index (χ3n) is 2.83. The number of benzene rings is 1. The van der Waals surface area contributed by atoms with Crippen molar-refractivity contribution < 1.29 is 9.66 Å². The summed E-state index contributed by atoms with van der Waals surface area (Å²) in [6.45, 7) is 0.428. The van der Waals surface area contributed by atoms with E-state index in [9.17, 15) is 10.1 Å². The predicted octanol–water partition coefficient (Wildman–Crippen LogP) is 3.23. The molecule has 98 valence electrons. The molecule has 2 heterocycles. The fraction of sp³-hybridized carbons (Fsp3) is 0.182. The summed E-state index contributed by atoms with van der Waals surface area (Å²) < 4.78 is 7.16. The molecule has 0 N–H and O–H groups in total. The number of halogens is 2. The summed E-state index contributed by atoms with van der Waals surface area (Å²) in [5.41, 5.74) is 0.777. The highest BCUT2D eigenvalue weighted by molar-refractivity contribution is 6.35. The van der Waals surface area contributed by atoms with E-state index >= 15 is 0 Å². The van der Waals surface area contributed by atoms with Crippen LogP contribution in [0.5, 0.6) is 6.01 Å². The number of nitro groups is 1. The molecule has 1 atom stereocenters. The lowest BCUT2D eigenvalue weighted by molar-refractivity contribution is -0.389. The second-order valence-electron chi connectivity index (χ2n) is 4.06. The first kappa shape index (κ1) is 12.3. The summed E-state index contributed by atoms with van der Waals surface area (Å²) in [7, 11) is 0. The van der Waals surface area contributed by atoms with Crippen LogP contribution in [-0.4, -0.2) is 14.5 Å². The van der Waals surface area contributed by atoms with Crippen molar-refractivity contribution in [3.8, 4) is 6.01 Å². The van der Waals surface area contributed by atoms with Crippen LogP contribution in [0.3, 0.4) is 0 Å². The molecular formula is C11H7Cl2N3O3. The van der Waals surface area contributed by atoms with Crippen molar-refractivity contribution in [2.75, 3.05) is 0 Å². The van der Waals surface area contributed by atoms with Gasteiger partial charge in [-0.2, -0.15) is 0 Å². The van der Waals surface area contributed by atoms with Gasteiger partial charge in [0.15, 0.2) is 0 Å². The van der Waals surface area contributed by atoms with Gasteiger partial charge in [0.2, 0.25) is 0 Å². The second-order valence-corrected chi connectivity index (χ2v) is 4.91. The summed E-state index contributed by atoms with van der Waals surface area (Å²) in [5, 5.41) is 11.6. The molecule has 1 unspecified atom stereocenters. The van der Waals surface area contributed by atoms with E-state index in [0.717, 1.165) is 5.56 Å². The number of rotatable bonds is 2. The second kappa shape index (κ2) is 4.40. The maximum Gasteiger partial charge on any atom is 0.415 e. The Labute approximate surface area is 117 Å². The first-order chi connectivity index (χ1) is 9.04. The summed E-state index contributed by atoms with van der Waals surface area (Å²) in [6, 6.07) is 5.35. The highest BCUT2D eigenvalue weighted by Crippen LogP contribution is 2.36. The Balaban J connectivity index is 1.87. The number of fused-ring (bicyclic) bond motifs is 1. The normalized spacial score (nSPS) is 17.1. The van der Waals surface area contributed by atoms with E-state index in [1.165, 1.54) is 6.20 Å². The molecule has 1 aliphatic rings. The zero-order valence-corrected chi connectivity index (χ0v) is 10.9. The number of hydrogen-bond donors (Lipinski definition) is 0. The van der Waals surface area contributed by atoms with Crippen LogP contribution in [0.15, 0.2) is 24.4 Å². The SMILES string of the molecule is O=[N+]([O-])c1cn2c(n1)OC(c1ccc(Cl)cc1Cl)C2. The van der Waals surface area contributed by atoms with Crippen LogP contribution in [-0.2, 0) is 6.54 Å². The Morgan fingerprint density at radius 3 is 2.89 bits per heavy atom. The first-order valence-electron chi connectivity index (χ1n) is 5.38. The van der Waals surface area contributed by atoms with Gasteiger partial charge in [0.05, 0.1) is 6.54 Å². The maximum atomic E-state index is 10.6. The Kier molecular flexibility index (Phi) is 2.83. The zero-order chi connectivity index (χ0) is 13.6. The van der Waals surface area contributed by atoms with E-state index in [1.807, 2.05) is 0 Å². The molecule has 0 saturated carbocycles. The fourth-order valence-corrected chi connectivity index (χ4v) is 2.50. The number of nitrogens with zero attached hydrogens (tertiary/aromatic N) is 3. The Morgan fingerprint density at radius 2 is 2.26 bits per heavy atom. The van der Waals surface area contributed by atoms with Gasteiger partial charge < -0.3 is 14.9 Å². The van der Waals surface area contributed by atoms with Crippen molar-refractivity contribution in [1.82, 2.24) is 9.55 Å². The van der Waals surface area contributed by atoms with Crippen LogP contribution in [0.4, 0.5) is 5.82 Å². The molecule has 0 amide bonds. The molecular weight excluding hydrogens is 293 g/mol. The number of ether oxygens (including phenoxy) is 1. The summed E-state index contributed by atoms with van der Waals surface area (Å²) in [4.78, 5) is 13.8. The fourth-order valence-electron chi connectivity index (χ4n) is 1.97. The molecule has 1 aromatic carbocycles. The Morgan fingerprint density at radius 1 is 1.47 bits per heavy atom. The van der Waals surface area contributed by atoms with Gasteiger partial charge in [-0.25, -0.2) is 0 Å². The van der Waals surface area contributed by atoms with Crippen LogP contribution >= 0.6 is 23.2 Å². The quantitative estimate of drug-likeness (QED) is 0.630. The maximum absolute atomic E-state index is 10.6. The van der Waals surface area contributed by atoms with E-state index in [-0.39, 0.29) is 17.9 Å². The third-order valence-corrected chi connectivity index (χ3v) is 3.40. The molecule has 1 aliphatic heterocycles. The minimum atomic E-state index is -0.557. The van der Waals surface area contributed by atoms with Crippen LogP contribution in [0.2, 0.25) is 10.0 Å². The first-order valence-corrected chi connectivity index (χ1v) is 6.13. The molecule has 0 bridgehead atoms. The van der Waals surface area contributed by atoms with Crippen molar-refractivity contribution in [2.24, 2.45) is 0 Å². The monoisotopic (exact) mass is 299 g/mol. The number of aromatic nitrogens is 2. The van der Waals surface area contributed by atoms with Crippen LogP contribution in [0.25, 0.3) is 0 Å². The average Bonchev–Trinajstić information content (AvgIpc) is 2.86. The number of hydrogen-bond acceptors (Lipinski definition) is 4. The molecule has 8 heteroatoms. The third kappa shape index (κ3) is 2.13. The minimum absolute atomic E-state index is 0.225. The van der Waals surface area contributed by atoms with Gasteiger partial charge in [-0.05, 0) is 17.1 Å². The van der Waals surface area contributed by atoms with Crippen molar-refractivity contribution in [3.05, 3.63) is 50.1 Å². The van der Waals surface area contributed by atoms with Gasteiger partial charge >= 0.3 is 11.8 Å². The lowest BCUT2D eigenvalue weighted by Gasteiger charge is -2.10. The van der Waals surface area contributed by atoms with E-state index in [4.69, 9.17) is 27.9 Å². The Bertz CT molecular complexity index is 648. The molecule has 6 nitrogen and oxygen atoms in total. The molecule has 0 spiro atoms. The van der Waals surface area contributed by atoms with Crippen molar-refractivity contribution in [3.63, 3.8) is 0 Å². The highest BCUT2D eigenvalue weighted by Gasteiger charge is 2.33. The van der Waals surface area contributed by atoms with Crippen LogP contribution in [0.1, 0.15) is 11.7 Å². The molecule has 0 saturated heterocycles. The van der Waals surface area contributed by atoms with Gasteiger partial charge in [-0.15, -0.1) is 0 Å². The smallest absolute Gasteiger partial charge is 0.415 e. The number of imidazole rings is 1. The van der Waals surface area contributed by atoms with Gasteiger partial charge in [0.25, 0.3) is 0 Å². The summed E-state index contributed by atoms with van der Waals surface area (Å²) in [6.07, 6.45) is 1.03. The molecule has 1 aromatic heterocycles. The average molecular weight is 300 g/mol. The highest BCUT2D eigenvalue weighted by atomic mass is 35.5. The summed E-state index contributed by atoms with van der Waals surface area (Å²) >= 11 is 11.9. The molecule has 3 rings (SSSR count). The lowest BCUT2D eigenvalue weighted by atomic mass is 10.1. The molecule has 0 radical (unpaired) electrons. The van der Waals surface area contributed by atoms with Gasteiger partial charge in [-0.3, -0.25) is 4.57 Å². The van der Waals surface area contributed by atoms with E-state index in [0.29, 0.717) is 16.6 Å². The molecule has 2 aromatic rings. The molecule has 0 aliphatic carbocycles. The molecule has 0 fully saturated rings. The largest absolute Gasteiger partial charge is 0.436 e. The van der Waals surface area contributed by atoms with Crippen LogP contribution < -0.4 is 4.74 Å². The van der Waals surface area contributed by atoms with Crippen molar-refractivity contribution >= 4 is 29.0 Å². The zero-order valence-electron chi connectivity index (χ0n) is 9.42. The van der Waals surface area contributed by atoms with E-state index in [1.54, 1.807) is 22.8 Å². The van der Waals surface area contributed by atoms with Gasteiger partial charge in [-0.1, -0.05) is 29.3 Å². The predicted molar refractivity (Wildman–Crippen MR) is 68.7 cm³/mol. The van der Waals surface area contributed by atoms with E-state index in [2.05, 4.69) is 4.98 Å². The Hall–Kier alpha value is -1.79.